The highest BCUT2D eigenvalue weighted by Crippen LogP contribution is 2.41. The molecule has 0 unspecified atom stereocenters. The van der Waals surface area contributed by atoms with Crippen LogP contribution < -0.4 is 20.1 Å². The molecule has 2 rings (SSSR count). The molecule has 0 bridgehead atoms. The number of likely N-dealkylation sites (N-methyl/N-ethyl adjacent to an activating group) is 1. The van der Waals surface area contributed by atoms with E-state index in [-0.39, 0.29) is 23.7 Å². The van der Waals surface area contributed by atoms with Gasteiger partial charge in [-0.15, -0.1) is 12.4 Å². The Hall–Kier alpha value is -1.46. The lowest BCUT2D eigenvalue weighted by molar-refractivity contribution is -0.120. The lowest BCUT2D eigenvalue weighted by atomic mass is 9.69. The molecular formula is C18H29ClN2O3. The fourth-order valence-electron chi connectivity index (χ4n) is 3.45. The van der Waals surface area contributed by atoms with E-state index in [0.717, 1.165) is 24.3 Å². The number of ether oxygens (including phenoxy) is 2. The molecule has 1 amide bonds. The van der Waals surface area contributed by atoms with Crippen LogP contribution in [0.3, 0.4) is 0 Å². The molecule has 0 heterocycles. The SMILES string of the molecule is CNCC(=O)NCC1(c2ccc(OC)c(OC)c2)CCCCC1.Cl. The van der Waals surface area contributed by atoms with Crippen LogP contribution in [0.25, 0.3) is 0 Å². The summed E-state index contributed by atoms with van der Waals surface area (Å²) >= 11 is 0. The van der Waals surface area contributed by atoms with Gasteiger partial charge in [-0.25, -0.2) is 0 Å². The van der Waals surface area contributed by atoms with E-state index in [1.54, 1.807) is 21.3 Å². The molecule has 0 saturated heterocycles. The quantitative estimate of drug-likeness (QED) is 0.788. The predicted molar refractivity (Wildman–Crippen MR) is 98.5 cm³/mol. The van der Waals surface area contributed by atoms with Gasteiger partial charge in [-0.05, 0) is 37.6 Å². The second-order valence-corrected chi connectivity index (χ2v) is 6.22. The van der Waals surface area contributed by atoms with Gasteiger partial charge in [-0.2, -0.15) is 0 Å². The largest absolute Gasteiger partial charge is 0.493 e. The minimum absolute atomic E-state index is 0. The summed E-state index contributed by atoms with van der Waals surface area (Å²) in [6.07, 6.45) is 5.82. The number of carbonyl (C=O) groups excluding carboxylic acids is 1. The molecule has 0 spiro atoms. The Kier molecular flexibility index (Phi) is 8.36. The minimum atomic E-state index is -0.0127. The van der Waals surface area contributed by atoms with Gasteiger partial charge in [0.15, 0.2) is 11.5 Å². The van der Waals surface area contributed by atoms with Crippen molar-refractivity contribution in [3.8, 4) is 11.5 Å². The number of halogens is 1. The van der Waals surface area contributed by atoms with E-state index in [4.69, 9.17) is 9.47 Å². The highest BCUT2D eigenvalue weighted by Gasteiger charge is 2.34. The molecule has 136 valence electrons. The van der Waals surface area contributed by atoms with Gasteiger partial charge in [-0.3, -0.25) is 4.79 Å². The van der Waals surface area contributed by atoms with Gasteiger partial charge >= 0.3 is 0 Å². The maximum atomic E-state index is 11.9. The van der Waals surface area contributed by atoms with E-state index in [9.17, 15) is 4.79 Å². The minimum Gasteiger partial charge on any atom is -0.493 e. The number of nitrogens with one attached hydrogen (secondary N) is 2. The van der Waals surface area contributed by atoms with Crippen molar-refractivity contribution in [2.24, 2.45) is 0 Å². The van der Waals surface area contributed by atoms with Crippen LogP contribution in [0.2, 0.25) is 0 Å². The van der Waals surface area contributed by atoms with E-state index in [0.29, 0.717) is 13.1 Å². The molecule has 2 N–H and O–H groups in total. The van der Waals surface area contributed by atoms with Gasteiger partial charge in [-0.1, -0.05) is 25.3 Å². The second-order valence-electron chi connectivity index (χ2n) is 6.22. The van der Waals surface area contributed by atoms with Crippen LogP contribution in [0.1, 0.15) is 37.7 Å². The summed E-state index contributed by atoms with van der Waals surface area (Å²) in [5.41, 5.74) is 1.21. The van der Waals surface area contributed by atoms with E-state index in [1.165, 1.54) is 24.8 Å². The maximum Gasteiger partial charge on any atom is 0.233 e. The summed E-state index contributed by atoms with van der Waals surface area (Å²) in [6.45, 7) is 1.02. The van der Waals surface area contributed by atoms with Crippen LogP contribution in [-0.2, 0) is 10.2 Å². The third-order valence-electron chi connectivity index (χ3n) is 4.77. The molecule has 0 radical (unpaired) electrons. The average Bonchev–Trinajstić information content (AvgIpc) is 2.60. The lowest BCUT2D eigenvalue weighted by Crippen LogP contribution is -2.44. The second kappa shape index (κ2) is 9.74. The molecule has 1 fully saturated rings. The van der Waals surface area contributed by atoms with Crippen molar-refractivity contribution in [1.82, 2.24) is 10.6 Å². The van der Waals surface area contributed by atoms with Crippen LogP contribution in [0.5, 0.6) is 11.5 Å². The standard InChI is InChI=1S/C18H28N2O3.ClH/c1-19-12-17(21)20-13-18(9-5-4-6-10-18)14-7-8-15(22-2)16(11-14)23-3;/h7-8,11,19H,4-6,9-10,12-13H2,1-3H3,(H,20,21);1H. The first-order valence-electron chi connectivity index (χ1n) is 8.29. The topological polar surface area (TPSA) is 59.6 Å². The molecule has 6 heteroatoms. The highest BCUT2D eigenvalue weighted by molar-refractivity contribution is 5.85. The predicted octanol–water partition coefficient (Wildman–Crippen LogP) is 2.66. The third kappa shape index (κ3) is 4.77. The summed E-state index contributed by atoms with van der Waals surface area (Å²) < 4.78 is 10.8. The molecule has 1 aliphatic carbocycles. The van der Waals surface area contributed by atoms with Crippen molar-refractivity contribution < 1.29 is 14.3 Å². The molecule has 0 aromatic heterocycles. The van der Waals surface area contributed by atoms with Gasteiger partial charge in [0.25, 0.3) is 0 Å². The average molecular weight is 357 g/mol. The fraction of sp³-hybridized carbons (Fsp3) is 0.611. The lowest BCUT2D eigenvalue weighted by Gasteiger charge is -2.38. The normalized spacial score (nSPS) is 16.0. The molecule has 0 aliphatic heterocycles. The van der Waals surface area contributed by atoms with Crippen molar-refractivity contribution in [2.75, 3.05) is 34.4 Å². The number of methoxy groups -OCH3 is 2. The Balaban J connectivity index is 0.00000288. The van der Waals surface area contributed by atoms with Gasteiger partial charge < -0.3 is 20.1 Å². The Bertz CT molecular complexity index is 531. The zero-order valence-electron chi connectivity index (χ0n) is 14.8. The summed E-state index contributed by atoms with van der Waals surface area (Å²) in [4.78, 5) is 11.9. The fourth-order valence-corrected chi connectivity index (χ4v) is 3.45. The van der Waals surface area contributed by atoms with Crippen molar-refractivity contribution >= 4 is 18.3 Å². The molecular weight excluding hydrogens is 328 g/mol. The van der Waals surface area contributed by atoms with E-state index < -0.39 is 0 Å². The van der Waals surface area contributed by atoms with Crippen LogP contribution >= 0.6 is 12.4 Å². The van der Waals surface area contributed by atoms with Crippen molar-refractivity contribution in [3.63, 3.8) is 0 Å². The molecule has 1 aromatic carbocycles. The molecule has 1 aliphatic rings. The molecule has 1 aromatic rings. The summed E-state index contributed by atoms with van der Waals surface area (Å²) in [7, 11) is 5.08. The smallest absolute Gasteiger partial charge is 0.233 e. The van der Waals surface area contributed by atoms with Crippen LogP contribution in [0.15, 0.2) is 18.2 Å². The first-order valence-corrected chi connectivity index (χ1v) is 8.29. The highest BCUT2D eigenvalue weighted by atomic mass is 35.5. The maximum absolute atomic E-state index is 11.9. The number of rotatable bonds is 7. The van der Waals surface area contributed by atoms with Gasteiger partial charge in [0.1, 0.15) is 0 Å². The molecule has 0 atom stereocenters. The van der Waals surface area contributed by atoms with E-state index in [1.807, 2.05) is 6.07 Å². The summed E-state index contributed by atoms with van der Waals surface area (Å²) in [5.74, 6) is 1.52. The Morgan fingerprint density at radius 1 is 1.12 bits per heavy atom. The van der Waals surface area contributed by atoms with E-state index >= 15 is 0 Å². The number of benzene rings is 1. The Morgan fingerprint density at radius 2 is 1.79 bits per heavy atom. The number of hydrogen-bond acceptors (Lipinski definition) is 4. The van der Waals surface area contributed by atoms with Gasteiger partial charge in [0, 0.05) is 12.0 Å². The van der Waals surface area contributed by atoms with Crippen molar-refractivity contribution in [2.45, 2.75) is 37.5 Å². The van der Waals surface area contributed by atoms with Crippen LogP contribution in [-0.4, -0.2) is 40.3 Å². The van der Waals surface area contributed by atoms with Crippen LogP contribution in [0.4, 0.5) is 0 Å². The number of hydrogen-bond donors (Lipinski definition) is 2. The Morgan fingerprint density at radius 3 is 2.38 bits per heavy atom. The monoisotopic (exact) mass is 356 g/mol. The van der Waals surface area contributed by atoms with Gasteiger partial charge in [0.05, 0.1) is 20.8 Å². The number of amides is 1. The summed E-state index contributed by atoms with van der Waals surface area (Å²) in [6, 6.07) is 6.13. The van der Waals surface area contributed by atoms with Gasteiger partial charge in [0.2, 0.25) is 5.91 Å². The number of carbonyl (C=O) groups is 1. The van der Waals surface area contributed by atoms with E-state index in [2.05, 4.69) is 22.8 Å². The Labute approximate surface area is 150 Å². The zero-order valence-corrected chi connectivity index (χ0v) is 15.6. The molecule has 24 heavy (non-hydrogen) atoms. The third-order valence-corrected chi connectivity index (χ3v) is 4.77. The first kappa shape index (κ1) is 20.6. The molecule has 5 nitrogen and oxygen atoms in total. The zero-order chi connectivity index (χ0) is 16.7. The van der Waals surface area contributed by atoms with Crippen molar-refractivity contribution in [3.05, 3.63) is 23.8 Å². The molecule has 1 saturated carbocycles. The summed E-state index contributed by atoms with van der Waals surface area (Å²) in [5, 5.41) is 5.98. The van der Waals surface area contributed by atoms with Crippen LogP contribution in [0, 0.1) is 0 Å². The van der Waals surface area contributed by atoms with Crippen molar-refractivity contribution in [1.29, 1.82) is 0 Å². The first-order chi connectivity index (χ1) is 11.1.